The second kappa shape index (κ2) is 9.43. The predicted octanol–water partition coefficient (Wildman–Crippen LogP) is 8.11. The van der Waals surface area contributed by atoms with Crippen LogP contribution in [0.3, 0.4) is 0 Å². The minimum absolute atomic E-state index is 0.723. The highest BCUT2D eigenvalue weighted by molar-refractivity contribution is 6.04. The molecular weight excluding hydrogens is 442 g/mol. The van der Waals surface area contributed by atoms with E-state index in [2.05, 4.69) is 64.6 Å². The van der Waals surface area contributed by atoms with Gasteiger partial charge in [0.2, 0.25) is 0 Å². The van der Waals surface area contributed by atoms with E-state index in [1.165, 1.54) is 0 Å². The van der Waals surface area contributed by atoms with E-state index < -0.39 is 0 Å². The number of aromatic nitrogens is 3. The number of pyridine rings is 3. The van der Waals surface area contributed by atoms with Crippen LogP contribution in [0.5, 0.6) is 0 Å². The molecule has 0 unspecified atom stereocenters. The van der Waals surface area contributed by atoms with Crippen LogP contribution in [0.25, 0.3) is 56.1 Å². The van der Waals surface area contributed by atoms with Gasteiger partial charge < -0.3 is 4.42 Å². The third kappa shape index (κ3) is 3.99. The Kier molecular flexibility index (Phi) is 5.68. The van der Waals surface area contributed by atoms with Crippen molar-refractivity contribution in [1.82, 2.24) is 15.0 Å². The number of furan rings is 1. The van der Waals surface area contributed by atoms with Gasteiger partial charge in [0.1, 0.15) is 11.5 Å². The van der Waals surface area contributed by atoms with Crippen molar-refractivity contribution >= 4 is 0 Å². The summed E-state index contributed by atoms with van der Waals surface area (Å²) in [6.45, 7) is 1.95. The molecule has 0 fully saturated rings. The third-order valence-corrected chi connectivity index (χ3v) is 6.18. The number of benzene rings is 2. The van der Waals surface area contributed by atoms with E-state index in [9.17, 15) is 0 Å². The van der Waals surface area contributed by atoms with E-state index in [1.54, 1.807) is 12.4 Å². The molecule has 0 N–H and O–H groups in total. The molecule has 0 saturated carbocycles. The highest BCUT2D eigenvalue weighted by atomic mass is 16.3. The summed E-state index contributed by atoms with van der Waals surface area (Å²) in [5.41, 5.74) is 8.79. The molecule has 36 heavy (non-hydrogen) atoms. The van der Waals surface area contributed by atoms with E-state index in [0.29, 0.717) is 0 Å². The minimum atomic E-state index is 0.723. The van der Waals surface area contributed by atoms with Gasteiger partial charge in [0.25, 0.3) is 0 Å². The fraction of sp³-hybridized carbons (Fsp3) is 0.0312. The van der Waals surface area contributed by atoms with Crippen molar-refractivity contribution in [3.63, 3.8) is 0 Å². The topological polar surface area (TPSA) is 51.8 Å². The van der Waals surface area contributed by atoms with Crippen LogP contribution in [0, 0.1) is 6.92 Å². The Labute approximate surface area is 210 Å². The highest BCUT2D eigenvalue weighted by Gasteiger charge is 2.26. The van der Waals surface area contributed by atoms with Crippen molar-refractivity contribution in [2.45, 2.75) is 6.92 Å². The zero-order valence-corrected chi connectivity index (χ0v) is 19.8. The van der Waals surface area contributed by atoms with Crippen molar-refractivity contribution in [2.75, 3.05) is 0 Å². The minimum Gasteiger partial charge on any atom is -0.460 e. The summed E-state index contributed by atoms with van der Waals surface area (Å²) in [7, 11) is 0. The number of hydrogen-bond acceptors (Lipinski definition) is 4. The average molecular weight is 466 g/mol. The fourth-order valence-electron chi connectivity index (χ4n) is 4.61. The Morgan fingerprint density at radius 3 is 1.58 bits per heavy atom. The molecule has 4 aromatic heterocycles. The standard InChI is InChI=1S/C32H23N3O/c1-22-16-17-27(36-22)32-30(24-12-6-3-7-13-24)28(25-14-8-18-33-20-25)29(23-10-4-2-5-11-23)31(35-32)26-15-9-19-34-21-26/h2-21H,1H3. The van der Waals surface area contributed by atoms with Gasteiger partial charge in [-0.15, -0.1) is 0 Å². The maximum Gasteiger partial charge on any atom is 0.153 e. The van der Waals surface area contributed by atoms with E-state index in [4.69, 9.17) is 9.40 Å². The van der Waals surface area contributed by atoms with Crippen LogP contribution in [0.4, 0.5) is 0 Å². The smallest absolute Gasteiger partial charge is 0.153 e. The highest BCUT2D eigenvalue weighted by Crippen LogP contribution is 2.48. The summed E-state index contributed by atoms with van der Waals surface area (Å²) >= 11 is 0. The first kappa shape index (κ1) is 21.7. The van der Waals surface area contributed by atoms with Gasteiger partial charge in [0.15, 0.2) is 5.76 Å². The van der Waals surface area contributed by atoms with Crippen molar-refractivity contribution in [3.05, 3.63) is 128 Å². The molecule has 6 rings (SSSR count). The summed E-state index contributed by atoms with van der Waals surface area (Å²) in [6, 6.07) is 32.8. The number of nitrogens with zero attached hydrogens (tertiary/aromatic N) is 3. The zero-order chi connectivity index (χ0) is 24.3. The second-order valence-corrected chi connectivity index (χ2v) is 8.56. The van der Waals surface area contributed by atoms with E-state index in [1.807, 2.05) is 61.8 Å². The number of hydrogen-bond donors (Lipinski definition) is 0. The van der Waals surface area contributed by atoms with Crippen LogP contribution in [-0.4, -0.2) is 15.0 Å². The summed E-state index contributed by atoms with van der Waals surface area (Å²) in [4.78, 5) is 14.2. The van der Waals surface area contributed by atoms with Crippen LogP contribution < -0.4 is 0 Å². The van der Waals surface area contributed by atoms with Gasteiger partial charge in [0, 0.05) is 52.6 Å². The Balaban J connectivity index is 1.84. The normalized spacial score (nSPS) is 10.9. The van der Waals surface area contributed by atoms with Gasteiger partial charge in [-0.2, -0.15) is 0 Å². The SMILES string of the molecule is Cc1ccc(-c2nc(-c3cccnc3)c(-c3ccccc3)c(-c3cccnc3)c2-c2ccccc2)o1. The quantitative estimate of drug-likeness (QED) is 0.258. The molecule has 0 amide bonds. The molecule has 0 saturated heterocycles. The summed E-state index contributed by atoms with van der Waals surface area (Å²) in [6.07, 6.45) is 7.36. The van der Waals surface area contributed by atoms with Crippen LogP contribution >= 0.6 is 0 Å². The number of aryl methyl sites for hydroxylation is 1. The molecule has 6 aromatic rings. The first-order valence-corrected chi connectivity index (χ1v) is 11.9. The fourth-order valence-corrected chi connectivity index (χ4v) is 4.61. The van der Waals surface area contributed by atoms with Gasteiger partial charge in [0.05, 0.1) is 5.69 Å². The van der Waals surface area contributed by atoms with Gasteiger partial charge in [-0.25, -0.2) is 4.98 Å². The lowest BCUT2D eigenvalue weighted by Crippen LogP contribution is -2.01. The molecule has 0 spiro atoms. The molecule has 0 aliphatic rings. The van der Waals surface area contributed by atoms with Crippen molar-refractivity contribution < 1.29 is 4.42 Å². The monoisotopic (exact) mass is 465 g/mol. The van der Waals surface area contributed by atoms with Gasteiger partial charge in [-0.05, 0) is 48.4 Å². The molecule has 0 bridgehead atoms. The summed E-state index contributed by atoms with van der Waals surface area (Å²) in [5, 5.41) is 0. The van der Waals surface area contributed by atoms with E-state index >= 15 is 0 Å². The zero-order valence-electron chi connectivity index (χ0n) is 19.8. The number of rotatable bonds is 5. The second-order valence-electron chi connectivity index (χ2n) is 8.56. The van der Waals surface area contributed by atoms with Crippen molar-refractivity contribution in [2.24, 2.45) is 0 Å². The third-order valence-electron chi connectivity index (χ3n) is 6.18. The van der Waals surface area contributed by atoms with Crippen molar-refractivity contribution in [1.29, 1.82) is 0 Å². The molecule has 4 nitrogen and oxygen atoms in total. The molecule has 4 heteroatoms. The molecule has 2 aromatic carbocycles. The molecule has 0 atom stereocenters. The largest absolute Gasteiger partial charge is 0.460 e. The maximum absolute atomic E-state index is 6.17. The van der Waals surface area contributed by atoms with Crippen LogP contribution in [-0.2, 0) is 0 Å². The first-order valence-electron chi connectivity index (χ1n) is 11.9. The van der Waals surface area contributed by atoms with Crippen LogP contribution in [0.2, 0.25) is 0 Å². The van der Waals surface area contributed by atoms with Gasteiger partial charge in [-0.3, -0.25) is 9.97 Å². The van der Waals surface area contributed by atoms with Crippen LogP contribution in [0.15, 0.2) is 126 Å². The van der Waals surface area contributed by atoms with Crippen LogP contribution in [0.1, 0.15) is 5.76 Å². The van der Waals surface area contributed by atoms with Gasteiger partial charge in [-0.1, -0.05) is 66.7 Å². The lowest BCUT2D eigenvalue weighted by atomic mass is 9.84. The Morgan fingerprint density at radius 1 is 0.500 bits per heavy atom. The molecule has 0 aliphatic carbocycles. The summed E-state index contributed by atoms with van der Waals surface area (Å²) in [5.74, 6) is 1.56. The predicted molar refractivity (Wildman–Crippen MR) is 144 cm³/mol. The molecule has 0 aliphatic heterocycles. The lowest BCUT2D eigenvalue weighted by Gasteiger charge is -2.22. The molecule has 172 valence electrons. The average Bonchev–Trinajstić information content (AvgIpc) is 3.40. The Morgan fingerprint density at radius 2 is 1.06 bits per heavy atom. The van der Waals surface area contributed by atoms with Crippen molar-refractivity contribution in [3.8, 4) is 56.1 Å². The van der Waals surface area contributed by atoms with E-state index in [0.717, 1.165) is 61.9 Å². The molecular formula is C32H23N3O. The summed E-state index contributed by atoms with van der Waals surface area (Å²) < 4.78 is 6.17. The van der Waals surface area contributed by atoms with Gasteiger partial charge >= 0.3 is 0 Å². The Bertz CT molecular complexity index is 1610. The first-order chi connectivity index (χ1) is 17.8. The maximum atomic E-state index is 6.17. The molecule has 0 radical (unpaired) electrons. The van der Waals surface area contributed by atoms with E-state index in [-0.39, 0.29) is 0 Å². The molecule has 4 heterocycles. The lowest BCUT2D eigenvalue weighted by molar-refractivity contribution is 0.546. The Hall–Kier alpha value is -4.83.